The Labute approximate surface area is 160 Å². The first-order chi connectivity index (χ1) is 13.7. The second-order valence-corrected chi connectivity index (χ2v) is 7.02. The molecule has 3 aromatic heterocycles. The maximum absolute atomic E-state index is 12.8. The van der Waals surface area contributed by atoms with Crippen molar-refractivity contribution in [2.75, 3.05) is 13.1 Å². The van der Waals surface area contributed by atoms with Gasteiger partial charge in [-0.1, -0.05) is 28.6 Å². The van der Waals surface area contributed by atoms with E-state index < -0.39 is 0 Å². The molecule has 142 valence electrons. The van der Waals surface area contributed by atoms with Gasteiger partial charge in [-0.15, -0.1) is 5.10 Å². The molecule has 0 saturated carbocycles. The monoisotopic (exact) mass is 377 g/mol. The number of nitrogens with one attached hydrogen (secondary N) is 1. The lowest BCUT2D eigenvalue weighted by atomic mass is 10.0. The van der Waals surface area contributed by atoms with Crippen LogP contribution in [0.25, 0.3) is 22.5 Å². The molecule has 9 nitrogen and oxygen atoms in total. The highest BCUT2D eigenvalue weighted by Crippen LogP contribution is 2.25. The Morgan fingerprint density at radius 2 is 2.07 bits per heavy atom. The quantitative estimate of drug-likeness (QED) is 0.588. The minimum absolute atomic E-state index is 0.0373. The number of aryl methyl sites for hydroxylation is 1. The Morgan fingerprint density at radius 3 is 2.82 bits per heavy atom. The van der Waals surface area contributed by atoms with Gasteiger partial charge in [0.1, 0.15) is 5.69 Å². The van der Waals surface area contributed by atoms with E-state index in [1.165, 1.54) is 0 Å². The number of amides is 1. The zero-order valence-corrected chi connectivity index (χ0v) is 15.4. The van der Waals surface area contributed by atoms with Crippen LogP contribution in [0.3, 0.4) is 0 Å². The van der Waals surface area contributed by atoms with E-state index in [4.69, 9.17) is 4.52 Å². The van der Waals surface area contributed by atoms with Gasteiger partial charge in [0.2, 0.25) is 0 Å². The molecule has 1 aliphatic heterocycles. The molecular formula is C19H19N7O2. The van der Waals surface area contributed by atoms with Crippen molar-refractivity contribution in [2.24, 2.45) is 0 Å². The average Bonchev–Trinajstić information content (AvgIpc) is 3.46. The summed E-state index contributed by atoms with van der Waals surface area (Å²) in [4.78, 5) is 22.1. The number of piperidine rings is 1. The van der Waals surface area contributed by atoms with E-state index in [9.17, 15) is 4.79 Å². The Kier molecular flexibility index (Phi) is 3.92. The Morgan fingerprint density at radius 1 is 1.25 bits per heavy atom. The first-order valence-corrected chi connectivity index (χ1v) is 9.27. The molecule has 0 radical (unpaired) electrons. The third kappa shape index (κ3) is 2.94. The van der Waals surface area contributed by atoms with E-state index in [0.29, 0.717) is 36.2 Å². The summed E-state index contributed by atoms with van der Waals surface area (Å²) in [6, 6.07) is 10.0. The number of carbonyl (C=O) groups excluding carboxylic acids is 1. The Bertz CT molecular complexity index is 1100. The molecule has 0 aliphatic carbocycles. The van der Waals surface area contributed by atoms with E-state index in [-0.39, 0.29) is 11.9 Å². The van der Waals surface area contributed by atoms with E-state index in [2.05, 4.69) is 25.4 Å². The van der Waals surface area contributed by atoms with Crippen LogP contribution in [0.2, 0.25) is 0 Å². The van der Waals surface area contributed by atoms with Gasteiger partial charge >= 0.3 is 0 Å². The number of hydrogen-bond donors (Lipinski definition) is 1. The summed E-state index contributed by atoms with van der Waals surface area (Å²) in [5.74, 6) is 0.971. The van der Waals surface area contributed by atoms with Crippen molar-refractivity contribution in [2.45, 2.75) is 25.8 Å². The highest BCUT2D eigenvalue weighted by molar-refractivity contribution is 5.98. The number of benzene rings is 1. The number of hydrogen-bond acceptors (Lipinski definition) is 6. The van der Waals surface area contributed by atoms with Crippen LogP contribution in [0, 0.1) is 6.92 Å². The number of fused-ring (bicyclic) bond motifs is 1. The van der Waals surface area contributed by atoms with Crippen LogP contribution in [0.5, 0.6) is 0 Å². The number of H-pyrrole nitrogens is 1. The van der Waals surface area contributed by atoms with Crippen molar-refractivity contribution in [1.29, 1.82) is 0 Å². The van der Waals surface area contributed by atoms with Gasteiger partial charge < -0.3 is 14.4 Å². The number of nitrogens with zero attached hydrogens (tertiary/aromatic N) is 6. The highest BCUT2D eigenvalue weighted by atomic mass is 16.5. The Balaban J connectivity index is 1.26. The van der Waals surface area contributed by atoms with Crippen LogP contribution in [-0.4, -0.2) is 54.0 Å². The minimum Gasteiger partial charge on any atom is -0.351 e. The largest absolute Gasteiger partial charge is 0.351 e. The van der Waals surface area contributed by atoms with Crippen LogP contribution in [0.4, 0.5) is 0 Å². The van der Waals surface area contributed by atoms with Crippen LogP contribution in [0.1, 0.15) is 35.2 Å². The van der Waals surface area contributed by atoms with Crippen molar-refractivity contribution in [1.82, 2.24) is 35.0 Å². The van der Waals surface area contributed by atoms with Gasteiger partial charge in [0.25, 0.3) is 11.8 Å². The molecule has 1 aliphatic rings. The summed E-state index contributed by atoms with van der Waals surface area (Å²) >= 11 is 0. The fraction of sp³-hybridized carbons (Fsp3) is 0.316. The van der Waals surface area contributed by atoms with Gasteiger partial charge in [-0.05, 0) is 31.9 Å². The van der Waals surface area contributed by atoms with Crippen LogP contribution < -0.4 is 0 Å². The summed E-state index contributed by atoms with van der Waals surface area (Å²) in [7, 11) is 0. The van der Waals surface area contributed by atoms with Crippen molar-refractivity contribution in [3.05, 3.63) is 48.0 Å². The van der Waals surface area contributed by atoms with Gasteiger partial charge in [-0.2, -0.15) is 4.98 Å². The van der Waals surface area contributed by atoms with Crippen LogP contribution >= 0.6 is 0 Å². The molecule has 0 unspecified atom stereocenters. The molecule has 1 amide bonds. The Hall–Kier alpha value is -3.49. The maximum Gasteiger partial charge on any atom is 0.280 e. The van der Waals surface area contributed by atoms with Gasteiger partial charge in [-0.3, -0.25) is 4.79 Å². The number of para-hydroxylation sites is 1. The summed E-state index contributed by atoms with van der Waals surface area (Å²) < 4.78 is 6.97. The average molecular weight is 377 g/mol. The molecule has 9 heteroatoms. The van der Waals surface area contributed by atoms with E-state index in [1.54, 1.807) is 6.92 Å². The summed E-state index contributed by atoms with van der Waals surface area (Å²) in [5, 5.41) is 13.2. The summed E-state index contributed by atoms with van der Waals surface area (Å²) in [6.07, 6.45) is 3.46. The molecule has 0 atom stereocenters. The third-order valence-electron chi connectivity index (χ3n) is 5.14. The standard InChI is InChI=1S/C19H19N7O2/c1-12-20-18(28-23-12)17-11-26(24-22-17)14-6-8-25(9-7-14)19(27)16-10-13-4-2-3-5-15(13)21-16/h2-5,10-11,14,21H,6-9H2,1H3. The molecule has 1 aromatic carbocycles. The zero-order valence-electron chi connectivity index (χ0n) is 15.4. The van der Waals surface area contributed by atoms with Gasteiger partial charge in [0.05, 0.1) is 12.2 Å². The van der Waals surface area contributed by atoms with Crippen molar-refractivity contribution in [3.63, 3.8) is 0 Å². The number of rotatable bonds is 3. The lowest BCUT2D eigenvalue weighted by Gasteiger charge is -2.31. The molecule has 4 aromatic rings. The predicted octanol–water partition coefficient (Wildman–Crippen LogP) is 2.60. The van der Waals surface area contributed by atoms with Crippen molar-refractivity contribution >= 4 is 16.8 Å². The zero-order chi connectivity index (χ0) is 19.1. The molecule has 1 fully saturated rings. The second kappa shape index (κ2) is 6.59. The molecule has 1 saturated heterocycles. The van der Waals surface area contributed by atoms with E-state index in [0.717, 1.165) is 23.7 Å². The maximum atomic E-state index is 12.8. The van der Waals surface area contributed by atoms with Gasteiger partial charge in [-0.25, -0.2) is 4.68 Å². The fourth-order valence-electron chi connectivity index (χ4n) is 3.65. The number of likely N-dealkylation sites (tertiary alicyclic amines) is 1. The van der Waals surface area contributed by atoms with E-state index in [1.807, 2.05) is 46.1 Å². The van der Waals surface area contributed by atoms with Gasteiger partial charge in [0, 0.05) is 24.0 Å². The fourth-order valence-corrected chi connectivity index (χ4v) is 3.65. The molecule has 28 heavy (non-hydrogen) atoms. The molecule has 5 rings (SSSR count). The topological polar surface area (TPSA) is 106 Å². The molecule has 0 spiro atoms. The van der Waals surface area contributed by atoms with E-state index >= 15 is 0 Å². The lowest BCUT2D eigenvalue weighted by Crippen LogP contribution is -2.39. The predicted molar refractivity (Wildman–Crippen MR) is 101 cm³/mol. The number of aromatic nitrogens is 6. The number of aromatic amines is 1. The first-order valence-electron chi connectivity index (χ1n) is 9.27. The molecular weight excluding hydrogens is 358 g/mol. The van der Waals surface area contributed by atoms with Crippen molar-refractivity contribution < 1.29 is 9.32 Å². The highest BCUT2D eigenvalue weighted by Gasteiger charge is 2.26. The summed E-state index contributed by atoms with van der Waals surface area (Å²) in [5.41, 5.74) is 2.18. The molecule has 0 bridgehead atoms. The smallest absolute Gasteiger partial charge is 0.280 e. The van der Waals surface area contributed by atoms with Crippen molar-refractivity contribution in [3.8, 4) is 11.6 Å². The first kappa shape index (κ1) is 16.7. The normalized spacial score (nSPS) is 15.4. The van der Waals surface area contributed by atoms with Crippen LogP contribution in [-0.2, 0) is 0 Å². The van der Waals surface area contributed by atoms with Gasteiger partial charge in [0.15, 0.2) is 11.5 Å². The number of carbonyl (C=O) groups is 1. The molecule has 1 N–H and O–H groups in total. The van der Waals surface area contributed by atoms with Crippen LogP contribution in [0.15, 0.2) is 41.1 Å². The minimum atomic E-state index is 0.0373. The second-order valence-electron chi connectivity index (χ2n) is 7.02. The summed E-state index contributed by atoms with van der Waals surface area (Å²) in [6.45, 7) is 3.11. The third-order valence-corrected chi connectivity index (χ3v) is 5.14. The molecule has 4 heterocycles. The SMILES string of the molecule is Cc1noc(-c2cn(C3CCN(C(=O)c4cc5ccccc5[nH]4)CC3)nn2)n1. The lowest BCUT2D eigenvalue weighted by molar-refractivity contribution is 0.0684.